The predicted molar refractivity (Wildman–Crippen MR) is 137 cm³/mol. The van der Waals surface area contributed by atoms with Crippen LogP contribution >= 0.6 is 0 Å². The van der Waals surface area contributed by atoms with E-state index in [-0.39, 0.29) is 6.61 Å². The largest absolute Gasteiger partial charge is 0.495 e. The number of methoxy groups -OCH3 is 1. The van der Waals surface area contributed by atoms with E-state index in [0.717, 1.165) is 41.2 Å². The van der Waals surface area contributed by atoms with Crippen molar-refractivity contribution < 1.29 is 23.5 Å². The molecule has 0 aliphatic carbocycles. The summed E-state index contributed by atoms with van der Waals surface area (Å²) in [6.07, 6.45) is 5.53. The monoisotopic (exact) mass is 504 g/mol. The molecular weight excluding hydrogens is 475 g/mol. The number of halogens is 1. The molecule has 1 aromatic heterocycles. The number of aromatic nitrogens is 2. The number of oxime groups is 1. The average Bonchev–Trinajstić information content (AvgIpc) is 3.45. The maximum absolute atomic E-state index is 13.7. The summed E-state index contributed by atoms with van der Waals surface area (Å²) in [7, 11) is 1.64. The zero-order valence-electron chi connectivity index (χ0n) is 21.3. The number of carbonyl (C=O) groups is 1. The van der Waals surface area contributed by atoms with Gasteiger partial charge in [-0.2, -0.15) is 0 Å². The first-order chi connectivity index (χ1) is 17.9. The molecule has 1 fully saturated rings. The van der Waals surface area contributed by atoms with Crippen LogP contribution in [0.25, 0.3) is 11.8 Å². The van der Waals surface area contributed by atoms with Gasteiger partial charge in [0.25, 0.3) is 0 Å². The van der Waals surface area contributed by atoms with E-state index >= 15 is 0 Å². The minimum absolute atomic E-state index is 0.180. The molecule has 1 saturated heterocycles. The number of imidazole rings is 1. The molecule has 0 bridgehead atoms. The first kappa shape index (κ1) is 24.5. The maximum Gasteiger partial charge on any atom is 0.380 e. The average molecular weight is 505 g/mol. The molecule has 9 heteroatoms. The van der Waals surface area contributed by atoms with Gasteiger partial charge in [-0.15, -0.1) is 0 Å². The molecule has 8 nitrogen and oxygen atoms in total. The molecule has 0 N–H and O–H groups in total. The first-order valence-corrected chi connectivity index (χ1v) is 12.3. The number of fused-ring (bicyclic) bond motifs is 1. The van der Waals surface area contributed by atoms with Crippen LogP contribution in [0.15, 0.2) is 59.4 Å². The van der Waals surface area contributed by atoms with Crippen molar-refractivity contribution in [1.82, 2.24) is 14.5 Å². The summed E-state index contributed by atoms with van der Waals surface area (Å²) < 4.78 is 26.8. The Morgan fingerprint density at radius 1 is 1.22 bits per heavy atom. The predicted octanol–water partition coefficient (Wildman–Crippen LogP) is 4.88. The molecule has 0 amide bonds. The van der Waals surface area contributed by atoms with Crippen LogP contribution in [0.1, 0.15) is 42.4 Å². The van der Waals surface area contributed by atoms with Gasteiger partial charge < -0.3 is 23.8 Å². The van der Waals surface area contributed by atoms with E-state index in [9.17, 15) is 9.18 Å². The van der Waals surface area contributed by atoms with Gasteiger partial charge in [-0.05, 0) is 87.2 Å². The molecule has 0 saturated carbocycles. The Morgan fingerprint density at radius 2 is 2.00 bits per heavy atom. The summed E-state index contributed by atoms with van der Waals surface area (Å²) in [4.78, 5) is 25.4. The molecular formula is C28H29FN4O4. The van der Waals surface area contributed by atoms with Crippen LogP contribution in [-0.4, -0.2) is 46.5 Å². The van der Waals surface area contributed by atoms with Gasteiger partial charge in [-0.1, -0.05) is 11.2 Å². The van der Waals surface area contributed by atoms with Crippen molar-refractivity contribution in [2.45, 2.75) is 39.3 Å². The first-order valence-electron chi connectivity index (χ1n) is 12.3. The van der Waals surface area contributed by atoms with E-state index in [1.807, 2.05) is 53.8 Å². The Hall–Kier alpha value is -4.14. The second-order valence-corrected chi connectivity index (χ2v) is 9.03. The van der Waals surface area contributed by atoms with E-state index in [4.69, 9.17) is 14.3 Å². The lowest BCUT2D eigenvalue weighted by Crippen LogP contribution is -2.54. The summed E-state index contributed by atoms with van der Waals surface area (Å²) in [5, 5.41) is 4.35. The second-order valence-electron chi connectivity index (χ2n) is 9.03. The zero-order chi connectivity index (χ0) is 26.2. The highest BCUT2D eigenvalue weighted by molar-refractivity contribution is 6.06. The molecule has 5 rings (SSSR count). The number of piperidine rings is 1. The number of hydrogen-bond acceptors (Lipinski definition) is 7. The Bertz CT molecular complexity index is 1400. The third kappa shape index (κ3) is 4.24. The molecule has 0 radical (unpaired) electrons. The number of benzene rings is 2. The van der Waals surface area contributed by atoms with E-state index in [2.05, 4.69) is 10.1 Å². The van der Waals surface area contributed by atoms with Gasteiger partial charge in [0, 0.05) is 18.3 Å². The fraction of sp³-hybridized carbons (Fsp3) is 0.321. The minimum atomic E-state index is -1.60. The Morgan fingerprint density at radius 3 is 2.68 bits per heavy atom. The summed E-state index contributed by atoms with van der Waals surface area (Å²) in [6, 6.07) is 11.6. The van der Waals surface area contributed by atoms with E-state index in [0.29, 0.717) is 23.7 Å². The highest BCUT2D eigenvalue weighted by Crippen LogP contribution is 2.41. The van der Waals surface area contributed by atoms with Gasteiger partial charge in [-0.25, -0.2) is 14.2 Å². The van der Waals surface area contributed by atoms with Crippen LogP contribution in [0.4, 0.5) is 4.39 Å². The van der Waals surface area contributed by atoms with Crippen LogP contribution in [-0.2, 0) is 20.1 Å². The molecule has 2 aliphatic rings. The normalized spacial score (nSPS) is 19.9. The van der Waals surface area contributed by atoms with Gasteiger partial charge in [0.15, 0.2) is 5.84 Å². The van der Waals surface area contributed by atoms with Crippen LogP contribution in [0.3, 0.4) is 0 Å². The number of aryl methyl sites for hydroxylation is 2. The summed E-state index contributed by atoms with van der Waals surface area (Å²) >= 11 is 0. The number of rotatable bonds is 6. The third-order valence-corrected chi connectivity index (χ3v) is 6.61. The molecule has 1 unspecified atom stereocenters. The Kier molecular flexibility index (Phi) is 6.45. The Balaban J connectivity index is 1.51. The second kappa shape index (κ2) is 9.72. The highest BCUT2D eigenvalue weighted by atomic mass is 19.1. The van der Waals surface area contributed by atoms with Crippen LogP contribution in [0.5, 0.6) is 5.75 Å². The van der Waals surface area contributed by atoms with Gasteiger partial charge in [0.1, 0.15) is 17.4 Å². The zero-order valence-corrected chi connectivity index (χ0v) is 21.3. The molecule has 0 spiro atoms. The Labute approximate surface area is 215 Å². The molecule has 2 aromatic carbocycles. The number of ether oxygens (including phenoxy) is 2. The number of amidine groups is 1. The van der Waals surface area contributed by atoms with Gasteiger partial charge in [0.05, 0.1) is 25.1 Å². The fourth-order valence-electron chi connectivity index (χ4n) is 4.95. The van der Waals surface area contributed by atoms with E-state index in [1.165, 1.54) is 24.3 Å². The number of hydrogen-bond donors (Lipinski definition) is 0. The standard InChI is InChI=1S/C28H29FN4O4/c1-5-36-27(34)28(22-9-11-23(29)12-10-22)33-14-6-7-21(26(33)31-37-28)15-20-8-13-24(25(16-20)35-4)32-17-18(2)30-19(32)3/h8-13,15-17H,5-7,14H2,1-4H3. The fourth-order valence-corrected chi connectivity index (χ4v) is 4.95. The lowest BCUT2D eigenvalue weighted by atomic mass is 9.94. The molecule has 2 aliphatic heterocycles. The molecule has 192 valence electrons. The third-order valence-electron chi connectivity index (χ3n) is 6.61. The van der Waals surface area contributed by atoms with Crippen LogP contribution in [0.2, 0.25) is 0 Å². The SMILES string of the molecule is CCOC(=O)C1(c2ccc(F)cc2)ON=C2C(=Cc3ccc(-n4cc(C)nc4C)c(OC)c3)CCCN21. The highest BCUT2D eigenvalue weighted by Gasteiger charge is 2.57. The van der Waals surface area contributed by atoms with Gasteiger partial charge in [-0.3, -0.25) is 0 Å². The van der Waals surface area contributed by atoms with Gasteiger partial charge >= 0.3 is 11.7 Å². The van der Waals surface area contributed by atoms with Gasteiger partial charge in [0.2, 0.25) is 0 Å². The van der Waals surface area contributed by atoms with Crippen molar-refractivity contribution in [3.63, 3.8) is 0 Å². The topological polar surface area (TPSA) is 78.2 Å². The van der Waals surface area contributed by atoms with Crippen molar-refractivity contribution in [3.05, 3.63) is 82.7 Å². The minimum Gasteiger partial charge on any atom is -0.495 e. The number of esters is 1. The van der Waals surface area contributed by atoms with E-state index in [1.54, 1.807) is 14.0 Å². The lowest BCUT2D eigenvalue weighted by molar-refractivity contribution is -0.189. The van der Waals surface area contributed by atoms with Crippen molar-refractivity contribution in [2.24, 2.45) is 5.16 Å². The van der Waals surface area contributed by atoms with E-state index < -0.39 is 17.5 Å². The molecule has 1 atom stereocenters. The molecule has 3 heterocycles. The molecule has 37 heavy (non-hydrogen) atoms. The summed E-state index contributed by atoms with van der Waals surface area (Å²) in [6.45, 7) is 6.36. The van der Waals surface area contributed by atoms with Crippen molar-refractivity contribution >= 4 is 17.9 Å². The summed E-state index contributed by atoms with van der Waals surface area (Å²) in [5.74, 6) is 1.16. The quantitative estimate of drug-likeness (QED) is 0.446. The smallest absolute Gasteiger partial charge is 0.380 e. The van der Waals surface area contributed by atoms with Crippen molar-refractivity contribution in [1.29, 1.82) is 0 Å². The molecule has 3 aromatic rings. The maximum atomic E-state index is 13.7. The number of carbonyl (C=O) groups excluding carboxylic acids is 1. The summed E-state index contributed by atoms with van der Waals surface area (Å²) in [5.41, 5.74) is 2.53. The lowest BCUT2D eigenvalue weighted by Gasteiger charge is -2.37. The number of nitrogens with zero attached hydrogens (tertiary/aromatic N) is 4. The van der Waals surface area contributed by atoms with Crippen LogP contribution in [0, 0.1) is 19.7 Å². The van der Waals surface area contributed by atoms with Crippen molar-refractivity contribution in [3.8, 4) is 11.4 Å². The van der Waals surface area contributed by atoms with Crippen molar-refractivity contribution in [2.75, 3.05) is 20.3 Å². The van der Waals surface area contributed by atoms with Crippen LogP contribution < -0.4 is 4.74 Å².